The first kappa shape index (κ1) is 15.7. The standard InChI is InChI=1S/C21H18N4O2/c1-11-20(12(2)27-25-11)14-6-7-22-21-16(14)9-19(24-21)17-10-23-18-5-4-13(26-3)8-15(17)18/h4-10,23H,1-3H3,(H,22,24). The van der Waals surface area contributed by atoms with Crippen LogP contribution in [-0.2, 0) is 0 Å². The van der Waals surface area contributed by atoms with Gasteiger partial charge in [-0.05, 0) is 49.7 Å². The first-order chi connectivity index (χ1) is 13.2. The van der Waals surface area contributed by atoms with Crippen LogP contribution in [0.5, 0.6) is 5.75 Å². The lowest BCUT2D eigenvalue weighted by Gasteiger charge is -2.01. The zero-order valence-corrected chi connectivity index (χ0v) is 15.3. The van der Waals surface area contributed by atoms with Gasteiger partial charge >= 0.3 is 0 Å². The molecule has 0 saturated carbocycles. The Labute approximate surface area is 155 Å². The number of nitrogens with zero attached hydrogens (tertiary/aromatic N) is 2. The van der Waals surface area contributed by atoms with Crippen molar-refractivity contribution in [2.75, 3.05) is 7.11 Å². The summed E-state index contributed by atoms with van der Waals surface area (Å²) in [4.78, 5) is 11.3. The summed E-state index contributed by atoms with van der Waals surface area (Å²) in [5, 5.41) is 6.23. The van der Waals surface area contributed by atoms with E-state index in [4.69, 9.17) is 9.26 Å². The van der Waals surface area contributed by atoms with Crippen LogP contribution >= 0.6 is 0 Å². The third-order valence-electron chi connectivity index (χ3n) is 5.01. The Bertz CT molecular complexity index is 1270. The number of fused-ring (bicyclic) bond motifs is 2. The molecule has 0 aliphatic carbocycles. The summed E-state index contributed by atoms with van der Waals surface area (Å²) in [7, 11) is 1.68. The van der Waals surface area contributed by atoms with E-state index in [1.807, 2.05) is 50.5 Å². The van der Waals surface area contributed by atoms with Gasteiger partial charge in [-0.1, -0.05) is 5.16 Å². The van der Waals surface area contributed by atoms with Crippen molar-refractivity contribution >= 4 is 21.9 Å². The van der Waals surface area contributed by atoms with Crippen LogP contribution in [0.15, 0.2) is 47.2 Å². The van der Waals surface area contributed by atoms with Gasteiger partial charge in [0.15, 0.2) is 0 Å². The lowest BCUT2D eigenvalue weighted by Crippen LogP contribution is -1.84. The number of rotatable bonds is 3. The molecule has 0 spiro atoms. The highest BCUT2D eigenvalue weighted by Crippen LogP contribution is 2.37. The fraction of sp³-hybridized carbons (Fsp3) is 0.143. The molecule has 134 valence electrons. The predicted octanol–water partition coefficient (Wildman–Crippen LogP) is 4.99. The lowest BCUT2D eigenvalue weighted by atomic mass is 10.0. The van der Waals surface area contributed by atoms with Crippen LogP contribution in [0.4, 0.5) is 0 Å². The minimum atomic E-state index is 0.805. The highest BCUT2D eigenvalue weighted by Gasteiger charge is 2.17. The van der Waals surface area contributed by atoms with Crippen molar-refractivity contribution in [1.29, 1.82) is 0 Å². The van der Waals surface area contributed by atoms with Gasteiger partial charge in [0.1, 0.15) is 17.2 Å². The Kier molecular flexibility index (Phi) is 3.33. The largest absolute Gasteiger partial charge is 0.497 e. The summed E-state index contributed by atoms with van der Waals surface area (Å²) >= 11 is 0. The number of hydrogen-bond donors (Lipinski definition) is 2. The van der Waals surface area contributed by atoms with Crippen LogP contribution in [-0.4, -0.2) is 27.2 Å². The number of hydrogen-bond acceptors (Lipinski definition) is 4. The molecule has 0 radical (unpaired) electrons. The highest BCUT2D eigenvalue weighted by atomic mass is 16.5. The van der Waals surface area contributed by atoms with E-state index in [2.05, 4.69) is 26.2 Å². The van der Waals surface area contributed by atoms with Crippen LogP contribution in [0, 0.1) is 13.8 Å². The maximum atomic E-state index is 5.38. The molecule has 0 unspecified atom stereocenters. The third kappa shape index (κ3) is 2.33. The molecule has 0 bridgehead atoms. The lowest BCUT2D eigenvalue weighted by molar-refractivity contribution is 0.393. The third-order valence-corrected chi connectivity index (χ3v) is 5.01. The zero-order chi connectivity index (χ0) is 18.5. The van der Waals surface area contributed by atoms with Crippen LogP contribution in [0.2, 0.25) is 0 Å². The van der Waals surface area contributed by atoms with Crippen molar-refractivity contribution in [3.05, 3.63) is 54.2 Å². The van der Waals surface area contributed by atoms with E-state index in [1.165, 1.54) is 0 Å². The Morgan fingerprint density at radius 1 is 1.04 bits per heavy atom. The Balaban J connectivity index is 1.74. The molecule has 4 heterocycles. The summed E-state index contributed by atoms with van der Waals surface area (Å²) in [6.45, 7) is 3.89. The number of pyridine rings is 1. The number of benzene rings is 1. The van der Waals surface area contributed by atoms with E-state index in [1.54, 1.807) is 7.11 Å². The Morgan fingerprint density at radius 2 is 1.93 bits per heavy atom. The van der Waals surface area contributed by atoms with E-state index < -0.39 is 0 Å². The summed E-state index contributed by atoms with van der Waals surface area (Å²) in [5.74, 6) is 1.63. The normalized spacial score (nSPS) is 11.5. The van der Waals surface area contributed by atoms with Gasteiger partial charge in [-0.25, -0.2) is 4.98 Å². The number of nitrogens with one attached hydrogen (secondary N) is 2. The van der Waals surface area contributed by atoms with Crippen molar-refractivity contribution in [3.63, 3.8) is 0 Å². The average Bonchev–Trinajstić information content (AvgIpc) is 3.37. The predicted molar refractivity (Wildman–Crippen MR) is 105 cm³/mol. The number of ether oxygens (including phenoxy) is 1. The van der Waals surface area contributed by atoms with Crippen molar-refractivity contribution in [2.45, 2.75) is 13.8 Å². The molecule has 5 aromatic rings. The second kappa shape index (κ2) is 5.74. The van der Waals surface area contributed by atoms with Crippen molar-refractivity contribution < 1.29 is 9.26 Å². The molecular weight excluding hydrogens is 340 g/mol. The number of aryl methyl sites for hydroxylation is 2. The van der Waals surface area contributed by atoms with Crippen molar-refractivity contribution in [2.24, 2.45) is 0 Å². The number of methoxy groups -OCH3 is 1. The topological polar surface area (TPSA) is 79.7 Å². The van der Waals surface area contributed by atoms with E-state index in [0.717, 1.165) is 61.5 Å². The molecule has 6 heteroatoms. The fourth-order valence-corrected chi connectivity index (χ4v) is 3.71. The second-order valence-corrected chi connectivity index (χ2v) is 6.62. The first-order valence-electron chi connectivity index (χ1n) is 8.72. The second-order valence-electron chi connectivity index (χ2n) is 6.62. The van der Waals surface area contributed by atoms with Crippen molar-refractivity contribution in [3.8, 4) is 28.1 Å². The summed E-state index contributed by atoms with van der Waals surface area (Å²) < 4.78 is 10.7. The molecule has 27 heavy (non-hydrogen) atoms. The smallest absolute Gasteiger partial charge is 0.141 e. The van der Waals surface area contributed by atoms with Gasteiger partial charge in [0, 0.05) is 45.5 Å². The number of H-pyrrole nitrogens is 2. The number of aromatic amines is 2. The van der Waals surface area contributed by atoms with Gasteiger partial charge in [0.25, 0.3) is 0 Å². The monoisotopic (exact) mass is 358 g/mol. The molecule has 0 amide bonds. The summed E-state index contributed by atoms with van der Waals surface area (Å²) in [6.07, 6.45) is 3.81. The summed E-state index contributed by atoms with van der Waals surface area (Å²) in [5.41, 5.74) is 6.93. The maximum Gasteiger partial charge on any atom is 0.141 e. The zero-order valence-electron chi connectivity index (χ0n) is 15.3. The fourth-order valence-electron chi connectivity index (χ4n) is 3.71. The Hall–Kier alpha value is -3.54. The first-order valence-corrected chi connectivity index (χ1v) is 8.72. The quantitative estimate of drug-likeness (QED) is 0.476. The van der Waals surface area contributed by atoms with Gasteiger partial charge < -0.3 is 19.2 Å². The Morgan fingerprint density at radius 3 is 2.70 bits per heavy atom. The molecule has 1 aromatic carbocycles. The van der Waals surface area contributed by atoms with Crippen LogP contribution < -0.4 is 4.74 Å². The van der Waals surface area contributed by atoms with E-state index in [-0.39, 0.29) is 0 Å². The molecule has 4 aromatic heterocycles. The average molecular weight is 358 g/mol. The minimum absolute atomic E-state index is 0.805. The molecule has 0 saturated heterocycles. The van der Waals surface area contributed by atoms with Gasteiger partial charge in [-0.15, -0.1) is 0 Å². The van der Waals surface area contributed by atoms with Gasteiger partial charge in [-0.3, -0.25) is 0 Å². The van der Waals surface area contributed by atoms with Crippen LogP contribution in [0.25, 0.3) is 44.3 Å². The number of aromatic nitrogens is 4. The van der Waals surface area contributed by atoms with Gasteiger partial charge in [0.05, 0.1) is 12.8 Å². The van der Waals surface area contributed by atoms with E-state index in [9.17, 15) is 0 Å². The molecule has 2 N–H and O–H groups in total. The minimum Gasteiger partial charge on any atom is -0.497 e. The molecule has 6 nitrogen and oxygen atoms in total. The SMILES string of the molecule is COc1ccc2[nH]cc(-c3cc4c(-c5c(C)noc5C)ccnc4[nH]3)c2c1. The summed E-state index contributed by atoms with van der Waals surface area (Å²) in [6, 6.07) is 10.1. The molecule has 0 aliphatic heterocycles. The highest BCUT2D eigenvalue weighted by molar-refractivity contribution is 6.01. The van der Waals surface area contributed by atoms with E-state index >= 15 is 0 Å². The van der Waals surface area contributed by atoms with E-state index in [0.29, 0.717) is 0 Å². The van der Waals surface area contributed by atoms with Crippen molar-refractivity contribution in [1.82, 2.24) is 20.1 Å². The molecule has 0 fully saturated rings. The molecule has 5 rings (SSSR count). The van der Waals surface area contributed by atoms with Gasteiger partial charge in [0.2, 0.25) is 0 Å². The molecule has 0 aliphatic rings. The van der Waals surface area contributed by atoms with Crippen LogP contribution in [0.3, 0.4) is 0 Å². The van der Waals surface area contributed by atoms with Crippen LogP contribution in [0.1, 0.15) is 11.5 Å². The molecular formula is C21H18N4O2. The van der Waals surface area contributed by atoms with Gasteiger partial charge in [-0.2, -0.15) is 0 Å². The molecule has 0 atom stereocenters. The maximum absolute atomic E-state index is 5.38.